The molecular weight excluding hydrogens is 620 g/mol. The largest absolute Gasteiger partial charge is 0.355 e. The van der Waals surface area contributed by atoms with Gasteiger partial charge in [0.1, 0.15) is 0 Å². The molecule has 20 heteroatoms. The molecular formula is C24H43N9O9P2. The maximum absolute atomic E-state index is 14.4. The molecule has 3 aliphatic heterocycles. The van der Waals surface area contributed by atoms with Crippen molar-refractivity contribution in [2.45, 2.75) is 38.6 Å². The molecule has 4 rings (SSSR count). The molecule has 0 radical (unpaired) electrons. The fourth-order valence-electron chi connectivity index (χ4n) is 5.06. The number of morpholine rings is 2. The topological polar surface area (TPSA) is 197 Å². The molecule has 0 spiro atoms. The van der Waals surface area contributed by atoms with Gasteiger partial charge in [0.05, 0.1) is 45.2 Å². The molecule has 2 fully saturated rings. The van der Waals surface area contributed by atoms with Crippen molar-refractivity contribution >= 4 is 21.4 Å². The third-order valence-electron chi connectivity index (χ3n) is 7.35. The third-order valence-corrected chi connectivity index (χ3v) is 12.6. The Hall–Kier alpha value is -2.21. The van der Waals surface area contributed by atoms with Crippen LogP contribution >= 0.6 is 15.3 Å². The van der Waals surface area contributed by atoms with Gasteiger partial charge in [0.25, 0.3) is 5.56 Å². The summed E-state index contributed by atoms with van der Waals surface area (Å²) < 4.78 is 59.8. The average molecular weight is 664 g/mol. The van der Waals surface area contributed by atoms with Crippen LogP contribution in [0.1, 0.15) is 18.7 Å². The summed E-state index contributed by atoms with van der Waals surface area (Å²) in [5, 5.41) is 2.61. The predicted octanol–water partition coefficient (Wildman–Crippen LogP) is -0.0811. The van der Waals surface area contributed by atoms with Crippen molar-refractivity contribution in [2.24, 2.45) is 5.73 Å². The lowest BCUT2D eigenvalue weighted by Crippen LogP contribution is -2.59. The van der Waals surface area contributed by atoms with Gasteiger partial charge in [-0.2, -0.15) is 0 Å². The highest BCUT2D eigenvalue weighted by Gasteiger charge is 2.46. The molecule has 3 aliphatic rings. The number of ether oxygens (including phenoxy) is 2. The Morgan fingerprint density at radius 1 is 1.02 bits per heavy atom. The van der Waals surface area contributed by atoms with Crippen LogP contribution in [-0.4, -0.2) is 132 Å². The quantitative estimate of drug-likeness (QED) is 0.266. The summed E-state index contributed by atoms with van der Waals surface area (Å²) in [5.41, 5.74) is 5.00. The average Bonchev–Trinajstić information content (AvgIpc) is 2.97. The normalized spacial score (nSPS) is 28.2. The van der Waals surface area contributed by atoms with Gasteiger partial charge in [-0.05, 0) is 48.1 Å². The first-order valence-electron chi connectivity index (χ1n) is 14.2. The van der Waals surface area contributed by atoms with E-state index in [0.29, 0.717) is 5.56 Å². The van der Waals surface area contributed by atoms with E-state index in [9.17, 15) is 23.5 Å². The number of urea groups is 1. The number of H-pyrrole nitrogens is 1. The molecule has 248 valence electrons. The molecule has 3 unspecified atom stereocenters. The Morgan fingerprint density at radius 2 is 1.68 bits per heavy atom. The van der Waals surface area contributed by atoms with Gasteiger partial charge in [-0.1, -0.05) is 0 Å². The van der Waals surface area contributed by atoms with Crippen molar-refractivity contribution in [1.29, 1.82) is 0 Å². The number of aromatic amines is 1. The maximum atomic E-state index is 14.4. The van der Waals surface area contributed by atoms with Crippen LogP contribution in [0, 0.1) is 6.92 Å². The van der Waals surface area contributed by atoms with Crippen LogP contribution in [0.25, 0.3) is 0 Å². The Balaban J connectivity index is 1.57. The highest BCUT2D eigenvalue weighted by atomic mass is 31.2. The van der Waals surface area contributed by atoms with E-state index in [4.69, 9.17) is 24.3 Å². The molecule has 6 atom stereocenters. The lowest BCUT2D eigenvalue weighted by molar-refractivity contribution is -0.126. The van der Waals surface area contributed by atoms with E-state index >= 15 is 0 Å². The first-order chi connectivity index (χ1) is 20.7. The summed E-state index contributed by atoms with van der Waals surface area (Å²) in [7, 11) is -0.748. The molecule has 18 nitrogen and oxygen atoms in total. The van der Waals surface area contributed by atoms with E-state index in [-0.39, 0.29) is 46.0 Å². The van der Waals surface area contributed by atoms with Crippen LogP contribution in [0.5, 0.6) is 0 Å². The lowest BCUT2D eigenvalue weighted by Gasteiger charge is -2.46. The van der Waals surface area contributed by atoms with Gasteiger partial charge < -0.3 is 29.6 Å². The van der Waals surface area contributed by atoms with Crippen LogP contribution in [0.2, 0.25) is 0 Å². The molecule has 4 heterocycles. The Kier molecular flexibility index (Phi) is 11.1. The fraction of sp³-hybridized carbons (Fsp3) is 0.708. The van der Waals surface area contributed by atoms with Crippen molar-refractivity contribution < 1.29 is 32.4 Å². The van der Waals surface area contributed by atoms with Crippen LogP contribution in [0.15, 0.2) is 28.1 Å². The molecule has 2 amide bonds. The zero-order chi connectivity index (χ0) is 32.4. The summed E-state index contributed by atoms with van der Waals surface area (Å²) in [5.74, 6) is 0. The van der Waals surface area contributed by atoms with E-state index in [1.807, 2.05) is 0 Å². The number of amides is 2. The first-order valence-corrected chi connectivity index (χ1v) is 17.2. The zero-order valence-electron chi connectivity index (χ0n) is 25.8. The first kappa shape index (κ1) is 34.7. The molecule has 4 N–H and O–H groups in total. The van der Waals surface area contributed by atoms with E-state index in [0.717, 1.165) is 0 Å². The molecule has 44 heavy (non-hydrogen) atoms. The number of aromatic nitrogens is 2. The number of nitrogens with one attached hydrogen (secondary N) is 2. The fourth-order valence-corrected chi connectivity index (χ4v) is 8.97. The molecule has 2 saturated heterocycles. The molecule has 0 saturated carbocycles. The summed E-state index contributed by atoms with van der Waals surface area (Å²) in [6.45, 7) is 3.86. The standard InChI is InChI=1S/C24H43N9O9P2/c1-7-40-44(38,29(5)6)31-13-18(42-21(15-31)32-9-8-19(25)26-23(32)35)16-41-43(37,28(3)4)30-10-11-39-20(14-30)33-12-17(2)22(34)27-24(33)36/h8-9,12,18-21H,7,10-11,13-16,25H2,1-6H3,(H,26,35)(H,27,34,36)/t18-,19?,20+,21+,43?,44?/m0/s1. The molecule has 0 aromatic carbocycles. The van der Waals surface area contributed by atoms with Crippen molar-refractivity contribution in [3.8, 4) is 0 Å². The summed E-state index contributed by atoms with van der Waals surface area (Å²) in [6.07, 6.45) is 1.34. The second-order valence-corrected chi connectivity index (χ2v) is 16.1. The summed E-state index contributed by atoms with van der Waals surface area (Å²) in [4.78, 5) is 40.7. The Morgan fingerprint density at radius 3 is 2.32 bits per heavy atom. The van der Waals surface area contributed by atoms with Gasteiger partial charge in [0.2, 0.25) is 0 Å². The number of aryl methyl sites for hydroxylation is 1. The number of hydrogen-bond donors (Lipinski definition) is 3. The van der Waals surface area contributed by atoms with Crippen LogP contribution in [0.3, 0.4) is 0 Å². The molecule has 1 aromatic rings. The van der Waals surface area contributed by atoms with Crippen LogP contribution in [-0.2, 0) is 27.7 Å². The third kappa shape index (κ3) is 7.26. The smallest absolute Gasteiger partial charge is 0.345 e. The van der Waals surface area contributed by atoms with Gasteiger partial charge in [0, 0.05) is 31.0 Å². The van der Waals surface area contributed by atoms with Crippen LogP contribution in [0.4, 0.5) is 4.79 Å². The minimum absolute atomic E-state index is 0.0281. The van der Waals surface area contributed by atoms with Gasteiger partial charge in [0.15, 0.2) is 12.5 Å². The molecule has 0 aliphatic carbocycles. The monoisotopic (exact) mass is 663 g/mol. The van der Waals surface area contributed by atoms with Gasteiger partial charge in [-0.3, -0.25) is 28.4 Å². The van der Waals surface area contributed by atoms with Crippen LogP contribution < -0.4 is 22.3 Å². The number of carbonyl (C=O) groups excluding carboxylic acids is 1. The maximum Gasteiger partial charge on any atom is 0.345 e. The minimum atomic E-state index is -3.73. The van der Waals surface area contributed by atoms with Gasteiger partial charge in [-0.25, -0.2) is 28.3 Å². The number of rotatable bonds is 11. The number of carbonyl (C=O) groups is 1. The van der Waals surface area contributed by atoms with E-state index in [1.54, 1.807) is 57.5 Å². The van der Waals surface area contributed by atoms with Crippen molar-refractivity contribution in [2.75, 3.05) is 74.2 Å². The van der Waals surface area contributed by atoms with Gasteiger partial charge in [-0.15, -0.1) is 0 Å². The minimum Gasteiger partial charge on any atom is -0.355 e. The predicted molar refractivity (Wildman–Crippen MR) is 161 cm³/mol. The van der Waals surface area contributed by atoms with Crippen molar-refractivity contribution in [3.63, 3.8) is 0 Å². The zero-order valence-corrected chi connectivity index (χ0v) is 27.6. The Labute approximate surface area is 255 Å². The highest BCUT2D eigenvalue weighted by Crippen LogP contribution is 2.56. The summed E-state index contributed by atoms with van der Waals surface area (Å²) in [6, 6.07) is -0.492. The SMILES string of the molecule is CCOP(=O)(N(C)C)N1C[C@@H](COP(=O)(N(C)C)N2CCO[C@@H](n3cc(C)c(=O)[nH]c3=O)C2)O[C@@H](N2C=CC(N)NC2=O)C1. The molecule has 0 bridgehead atoms. The lowest BCUT2D eigenvalue weighted by atomic mass is 10.3. The number of hydrogen-bond acceptors (Lipinski definition) is 10. The van der Waals surface area contributed by atoms with Crippen molar-refractivity contribution in [1.82, 2.24) is 38.4 Å². The van der Waals surface area contributed by atoms with E-state index in [2.05, 4.69) is 10.3 Å². The van der Waals surface area contributed by atoms with E-state index < -0.39 is 57.3 Å². The second kappa shape index (κ2) is 14.1. The van der Waals surface area contributed by atoms with Crippen molar-refractivity contribution in [3.05, 3.63) is 44.9 Å². The number of nitrogens with zero attached hydrogens (tertiary/aromatic N) is 6. The summed E-state index contributed by atoms with van der Waals surface area (Å²) >= 11 is 0. The Bertz CT molecular complexity index is 1430. The second-order valence-electron chi connectivity index (χ2n) is 10.9. The van der Waals surface area contributed by atoms with Gasteiger partial charge >= 0.3 is 27.1 Å². The highest BCUT2D eigenvalue weighted by molar-refractivity contribution is 7.54. The van der Waals surface area contributed by atoms with E-state index in [1.165, 1.54) is 31.2 Å². The number of nitrogens with two attached hydrogens (primary N) is 1. The molecule has 1 aromatic heterocycles.